The molecule has 24 heteroatoms. The van der Waals surface area contributed by atoms with Crippen molar-refractivity contribution in [2.75, 3.05) is 29.3 Å². The fourth-order valence-electron chi connectivity index (χ4n) is 8.58. The molecule has 1 saturated heterocycles. The minimum atomic E-state index is -0.513. The SMILES string of the molecule is C/C(=N\Nc1ccc(Br)cc1)c1ccsc1.CC(=O)c1cccs1.Cl.NNc1ccc(Br)cc1.O=C1Cc2cc(CCN3C(=O)COC3c3cn(-c4ccc(Br)cc4)nc3-c3cccs3)ccc2N1.O=Cc1cn(-c2ccc(Br)cc2)nc1-c1cccs1. The number of nitrogens with one attached hydrogen (secondary N) is 3. The van der Waals surface area contributed by atoms with Gasteiger partial charge in [-0.15, -0.1) is 46.4 Å². The quantitative estimate of drug-likeness (QED) is 0.0268. The number of carbonyl (C=O) groups excluding carboxylic acids is 4. The van der Waals surface area contributed by atoms with E-state index in [1.807, 2.05) is 191 Å². The minimum absolute atomic E-state index is 0. The smallest absolute Gasteiger partial charge is 0.250 e. The molecule has 1 atom stereocenters. The Morgan fingerprint density at radius 2 is 1.28 bits per heavy atom. The number of ketones is 1. The van der Waals surface area contributed by atoms with Crippen LogP contribution in [0.15, 0.2) is 220 Å². The third-order valence-corrected chi connectivity index (χ3v) is 18.5. The zero-order chi connectivity index (χ0) is 61.2. The van der Waals surface area contributed by atoms with Crippen LogP contribution in [0.3, 0.4) is 0 Å². The maximum Gasteiger partial charge on any atom is 0.250 e. The number of hydrazone groups is 1. The standard InChI is InChI=1S/C26H21BrN4O3S.C14H9BrN2OS.C12H11BrN2S.C6H7BrN2.C6H6OS.ClH/c27-18-4-6-19(7-5-18)31-14-20(25(29-31)22-2-1-11-35-22)26-30(24(33)15-34-26)10-9-16-3-8-21-17(12-16)13-23(32)28-21;15-11-3-5-12(6-4-11)17-8-10(9-18)14(16-17)13-2-1-7-19-13;1-9(10-6-7-16-8-10)14-15-12-4-2-11(13)3-5-12;7-5-1-3-6(9-8)4-2-5;1-5(7)6-3-2-4-8-6;/h1-8,11-12,14,26H,9-10,13,15H2,(H,28,32);1-9H;2-8,15H,1H3;1-4,9H,8H2;2-4H,1H3;1H/b;;14-9+;;;. The number of hydrazine groups is 1. The van der Waals surface area contributed by atoms with Crippen LogP contribution in [-0.2, 0) is 27.2 Å². The number of aromatic nitrogens is 4. The lowest BCUT2D eigenvalue weighted by Crippen LogP contribution is -2.30. The first kappa shape index (κ1) is 66.9. The summed E-state index contributed by atoms with van der Waals surface area (Å²) in [5.41, 5.74) is 17.4. The van der Waals surface area contributed by atoms with Crippen LogP contribution >= 0.6 is 121 Å². The zero-order valence-electron chi connectivity index (χ0n) is 46.9. The molecule has 1 fully saturated rings. The Labute approximate surface area is 564 Å². The molecule has 450 valence electrons. The van der Waals surface area contributed by atoms with Gasteiger partial charge in [-0.2, -0.15) is 26.6 Å². The number of amides is 2. The molecule has 5 N–H and O–H groups in total. The van der Waals surface area contributed by atoms with Crippen molar-refractivity contribution in [3.05, 3.63) is 248 Å². The van der Waals surface area contributed by atoms with Crippen molar-refractivity contribution in [2.24, 2.45) is 10.9 Å². The Morgan fingerprint density at radius 1 is 0.716 bits per heavy atom. The number of thiophene rings is 4. The molecule has 0 saturated carbocycles. The molecule has 15 nitrogen and oxygen atoms in total. The third-order valence-electron chi connectivity index (χ3n) is 13.0. The Bertz CT molecular complexity index is 4060. The van der Waals surface area contributed by atoms with E-state index in [2.05, 4.69) is 102 Å². The van der Waals surface area contributed by atoms with Crippen molar-refractivity contribution in [1.29, 1.82) is 0 Å². The van der Waals surface area contributed by atoms with Gasteiger partial charge in [0.05, 0.1) is 49.4 Å². The summed E-state index contributed by atoms with van der Waals surface area (Å²) in [6, 6.07) is 51.0. The van der Waals surface area contributed by atoms with Crippen molar-refractivity contribution < 1.29 is 23.9 Å². The van der Waals surface area contributed by atoms with Crippen molar-refractivity contribution >= 4 is 168 Å². The van der Waals surface area contributed by atoms with Gasteiger partial charge < -0.3 is 20.4 Å². The van der Waals surface area contributed by atoms with Crippen LogP contribution < -0.4 is 22.0 Å². The number of aldehydes is 1. The number of nitrogens with two attached hydrogens (primary N) is 1. The summed E-state index contributed by atoms with van der Waals surface area (Å²) in [5.74, 6) is 5.26. The van der Waals surface area contributed by atoms with Crippen molar-refractivity contribution in [3.8, 4) is 32.5 Å². The fourth-order valence-corrected chi connectivity index (χ4v) is 12.4. The van der Waals surface area contributed by atoms with Gasteiger partial charge in [0.25, 0.3) is 5.91 Å². The molecule has 88 heavy (non-hydrogen) atoms. The highest BCUT2D eigenvalue weighted by Crippen LogP contribution is 2.38. The number of hydrogen-bond donors (Lipinski definition) is 4. The Morgan fingerprint density at radius 3 is 1.82 bits per heavy atom. The first-order valence-corrected chi connectivity index (χ1v) is 33.4. The van der Waals surface area contributed by atoms with Gasteiger partial charge >= 0.3 is 0 Å². The number of halogens is 5. The first-order chi connectivity index (χ1) is 42.2. The monoisotopic (exact) mass is 1520 g/mol. The van der Waals surface area contributed by atoms with Crippen LogP contribution in [0.4, 0.5) is 17.1 Å². The number of ether oxygens (including phenoxy) is 1. The lowest BCUT2D eigenvalue weighted by Gasteiger charge is -2.23. The van der Waals surface area contributed by atoms with Crippen molar-refractivity contribution in [2.45, 2.75) is 32.9 Å². The number of benzene rings is 5. The highest BCUT2D eigenvalue weighted by atomic mass is 79.9. The molecular weight excluding hydrogens is 1470 g/mol. The van der Waals surface area contributed by atoms with E-state index in [1.54, 1.807) is 56.7 Å². The van der Waals surface area contributed by atoms with E-state index in [9.17, 15) is 19.2 Å². The Kier molecular flexibility index (Phi) is 25.1. The number of anilines is 3. The number of fused-ring (bicyclic) bond motifs is 1. The number of rotatable bonds is 14. The van der Waals surface area contributed by atoms with Gasteiger partial charge in [0.2, 0.25) is 5.91 Å². The van der Waals surface area contributed by atoms with Crippen LogP contribution in [0.2, 0.25) is 0 Å². The molecule has 2 aliphatic heterocycles. The van der Waals surface area contributed by atoms with Gasteiger partial charge in [0.1, 0.15) is 18.0 Å². The topological polar surface area (TPSA) is 191 Å². The molecule has 11 aromatic rings. The highest BCUT2D eigenvalue weighted by Gasteiger charge is 2.36. The average Bonchev–Trinajstić information content (AvgIpc) is 1.95. The summed E-state index contributed by atoms with van der Waals surface area (Å²) >= 11 is 19.9. The van der Waals surface area contributed by atoms with Gasteiger partial charge in [0, 0.05) is 59.3 Å². The maximum absolute atomic E-state index is 12.8. The van der Waals surface area contributed by atoms with E-state index in [0.29, 0.717) is 24.9 Å². The van der Waals surface area contributed by atoms with Gasteiger partial charge in [-0.25, -0.2) is 9.36 Å². The lowest BCUT2D eigenvalue weighted by molar-refractivity contribution is -0.128. The molecule has 5 aromatic carbocycles. The summed E-state index contributed by atoms with van der Waals surface area (Å²) in [6.07, 6.45) is 5.12. The molecule has 0 bridgehead atoms. The fraction of sp³-hybridized carbons (Fsp3) is 0.109. The number of nitrogens with zero attached hydrogens (tertiary/aromatic N) is 6. The predicted molar refractivity (Wildman–Crippen MR) is 375 cm³/mol. The third kappa shape index (κ3) is 18.5. The summed E-state index contributed by atoms with van der Waals surface area (Å²) in [5, 5.41) is 26.6. The maximum atomic E-state index is 12.8. The number of carbonyl (C=O) groups is 4. The second-order valence-electron chi connectivity index (χ2n) is 19.0. The van der Waals surface area contributed by atoms with Crippen LogP contribution in [0.1, 0.15) is 62.4 Å². The van der Waals surface area contributed by atoms with Gasteiger partial charge in [-0.3, -0.25) is 30.4 Å². The second-order valence-corrected chi connectivity index (χ2v) is 26.3. The van der Waals surface area contributed by atoms with E-state index in [-0.39, 0.29) is 36.6 Å². The summed E-state index contributed by atoms with van der Waals surface area (Å²) in [7, 11) is 0. The molecular formula is C64H55Br4ClN10O5S4. The molecule has 1 unspecified atom stereocenters. The number of Topliss-reactive ketones (excluding diaryl/α,β-unsaturated/α-hetero) is 1. The van der Waals surface area contributed by atoms with E-state index >= 15 is 0 Å². The summed E-state index contributed by atoms with van der Waals surface area (Å²) in [6.45, 7) is 4.12. The van der Waals surface area contributed by atoms with Gasteiger partial charge in [0.15, 0.2) is 18.3 Å². The van der Waals surface area contributed by atoms with E-state index < -0.39 is 6.23 Å². The summed E-state index contributed by atoms with van der Waals surface area (Å²) < 4.78 is 13.7. The first-order valence-electron chi connectivity index (χ1n) is 26.6. The number of nitrogen functional groups attached to an aromatic ring is 1. The van der Waals surface area contributed by atoms with E-state index in [4.69, 9.17) is 15.7 Å². The summed E-state index contributed by atoms with van der Waals surface area (Å²) in [4.78, 5) is 50.8. The largest absolute Gasteiger partial charge is 0.344 e. The van der Waals surface area contributed by atoms with Gasteiger partial charge in [-0.05, 0) is 186 Å². The lowest BCUT2D eigenvalue weighted by atomic mass is 10.1. The van der Waals surface area contributed by atoms with Crippen LogP contribution in [0.25, 0.3) is 32.5 Å². The molecule has 2 aliphatic rings. The van der Waals surface area contributed by atoms with Gasteiger partial charge in [-0.1, -0.05) is 94.1 Å². The van der Waals surface area contributed by atoms with Crippen LogP contribution in [-0.4, -0.2) is 67.2 Å². The highest BCUT2D eigenvalue weighted by molar-refractivity contribution is 9.11. The molecule has 0 radical (unpaired) electrons. The molecule has 0 spiro atoms. The molecule has 8 heterocycles. The van der Waals surface area contributed by atoms with Crippen molar-refractivity contribution in [3.63, 3.8) is 0 Å². The molecule has 13 rings (SSSR count). The normalized spacial score (nSPS) is 13.0. The van der Waals surface area contributed by atoms with Crippen molar-refractivity contribution in [1.82, 2.24) is 24.5 Å². The Balaban J connectivity index is 0.000000159. The average molecular weight is 1530 g/mol. The number of hydrogen-bond acceptors (Lipinski definition) is 15. The second kappa shape index (κ2) is 33.0. The van der Waals surface area contributed by atoms with Crippen LogP contribution in [0.5, 0.6) is 0 Å². The molecule has 6 aromatic heterocycles. The predicted octanol–water partition coefficient (Wildman–Crippen LogP) is 17.6. The van der Waals surface area contributed by atoms with Crippen LogP contribution in [0, 0.1) is 0 Å². The Hall–Kier alpha value is -7.00. The van der Waals surface area contributed by atoms with E-state index in [1.165, 1.54) is 11.3 Å². The molecule has 2 amide bonds. The minimum Gasteiger partial charge on any atom is -0.344 e. The zero-order valence-corrected chi connectivity index (χ0v) is 57.3. The van der Waals surface area contributed by atoms with E-state index in [0.717, 1.165) is 107 Å². The molecule has 0 aliphatic carbocycles.